The zero-order chi connectivity index (χ0) is 30.7. The van der Waals surface area contributed by atoms with Gasteiger partial charge in [0.2, 0.25) is 5.91 Å². The molecule has 2 aromatic carbocycles. The number of sulfone groups is 1. The highest BCUT2D eigenvalue weighted by Gasteiger charge is 2.72. The van der Waals surface area contributed by atoms with E-state index in [-0.39, 0.29) is 25.6 Å². The first-order valence-corrected chi connectivity index (χ1v) is 15.3. The molecule has 0 aromatic heterocycles. The summed E-state index contributed by atoms with van der Waals surface area (Å²) in [6.07, 6.45) is -0.585. The Bertz CT molecular complexity index is 1410. The molecule has 2 saturated heterocycles. The van der Waals surface area contributed by atoms with Crippen LogP contribution in [0.3, 0.4) is 0 Å². The van der Waals surface area contributed by atoms with Gasteiger partial charge < -0.3 is 24.4 Å². The summed E-state index contributed by atoms with van der Waals surface area (Å²) in [5.41, 5.74) is 1.49. The number of hydrogen-bond donors (Lipinski definition) is 1. The minimum Gasteiger partial charge on any atom is -0.463 e. The van der Waals surface area contributed by atoms with Gasteiger partial charge in [-0.05, 0) is 37.3 Å². The fourth-order valence-corrected chi connectivity index (χ4v) is 7.51. The summed E-state index contributed by atoms with van der Waals surface area (Å²) in [6.45, 7) is 5.90. The maximum atomic E-state index is 13.5. The van der Waals surface area contributed by atoms with Crippen molar-refractivity contribution in [3.63, 3.8) is 0 Å². The molecule has 2 amide bonds. The summed E-state index contributed by atoms with van der Waals surface area (Å²) < 4.78 is 41.3. The van der Waals surface area contributed by atoms with Gasteiger partial charge in [-0.25, -0.2) is 22.8 Å². The number of rotatable bonds is 11. The predicted molar refractivity (Wildman–Crippen MR) is 151 cm³/mol. The van der Waals surface area contributed by atoms with E-state index in [0.29, 0.717) is 5.56 Å². The summed E-state index contributed by atoms with van der Waals surface area (Å²) in [5, 5.41) is 1.17. The zero-order valence-electron chi connectivity index (χ0n) is 24.0. The van der Waals surface area contributed by atoms with E-state index >= 15 is 0 Å². The number of hydrogen-bond acceptors (Lipinski definition) is 9. The minimum atomic E-state index is -4.04. The van der Waals surface area contributed by atoms with Gasteiger partial charge >= 0.3 is 18.0 Å². The van der Waals surface area contributed by atoms with E-state index in [1.807, 2.05) is 26.0 Å². The predicted octanol–water partition coefficient (Wildman–Crippen LogP) is 2.97. The number of amides is 2. The molecule has 12 heteroatoms. The van der Waals surface area contributed by atoms with Crippen LogP contribution in [0.25, 0.3) is 0 Å². The van der Waals surface area contributed by atoms with Crippen molar-refractivity contribution >= 4 is 33.8 Å². The molecular weight excluding hydrogens is 564 g/mol. The van der Waals surface area contributed by atoms with Gasteiger partial charge in [-0.3, -0.25) is 4.79 Å². The average molecular weight is 601 g/mol. The van der Waals surface area contributed by atoms with Gasteiger partial charge in [0.1, 0.15) is 37.8 Å². The van der Waals surface area contributed by atoms with Gasteiger partial charge in [-0.2, -0.15) is 0 Å². The second-order valence-corrected chi connectivity index (χ2v) is 14.0. The van der Waals surface area contributed by atoms with Crippen molar-refractivity contribution < 1.29 is 41.8 Å². The SMILES string of the molecule is CC(C)C[C@H](NC(=O)OCc1ccccc1)C(=O)OC[C@@H]1C(=O)N2[C@@H](C(=O)OCc3ccccc3)C(C)(C)S(=O)(=O)[C@H]12. The van der Waals surface area contributed by atoms with Crippen LogP contribution < -0.4 is 5.32 Å². The van der Waals surface area contributed by atoms with Crippen molar-refractivity contribution in [1.82, 2.24) is 10.2 Å². The minimum absolute atomic E-state index is 0.00327. The second-order valence-electron chi connectivity index (χ2n) is 11.4. The highest BCUT2D eigenvalue weighted by molar-refractivity contribution is 7.93. The van der Waals surface area contributed by atoms with Crippen LogP contribution >= 0.6 is 0 Å². The number of β-lactam (4-membered cyclic amide) rings is 1. The van der Waals surface area contributed by atoms with Crippen LogP contribution in [0.15, 0.2) is 60.7 Å². The molecule has 226 valence electrons. The van der Waals surface area contributed by atoms with Crippen molar-refractivity contribution in [3.05, 3.63) is 71.8 Å². The van der Waals surface area contributed by atoms with E-state index in [4.69, 9.17) is 14.2 Å². The maximum Gasteiger partial charge on any atom is 0.408 e. The molecule has 2 aliphatic rings. The Morgan fingerprint density at radius 3 is 2.00 bits per heavy atom. The van der Waals surface area contributed by atoms with Gasteiger partial charge in [-0.1, -0.05) is 74.5 Å². The van der Waals surface area contributed by atoms with Gasteiger partial charge in [0.05, 0.1) is 4.75 Å². The first kappa shape index (κ1) is 31.0. The van der Waals surface area contributed by atoms with Gasteiger partial charge in [-0.15, -0.1) is 0 Å². The third kappa shape index (κ3) is 6.28. The van der Waals surface area contributed by atoms with Crippen molar-refractivity contribution in [3.8, 4) is 0 Å². The lowest BCUT2D eigenvalue weighted by Crippen LogP contribution is -2.65. The molecule has 42 heavy (non-hydrogen) atoms. The first-order valence-electron chi connectivity index (χ1n) is 13.7. The summed E-state index contributed by atoms with van der Waals surface area (Å²) >= 11 is 0. The number of carbonyl (C=O) groups excluding carboxylic acids is 4. The first-order chi connectivity index (χ1) is 19.8. The molecule has 0 radical (unpaired) electrons. The molecule has 2 aliphatic heterocycles. The summed E-state index contributed by atoms with van der Waals surface area (Å²) in [4.78, 5) is 52.6. The fourth-order valence-electron chi connectivity index (χ4n) is 5.22. The standard InChI is InChI=1S/C30H36N2O9S/c1-19(2)15-23(31-29(36)41-17-21-13-9-6-10-14-21)27(34)40-18-22-25(33)32-24(30(3,4)42(37,38)26(22)32)28(35)39-16-20-11-7-5-8-12-20/h5-14,19,22-24,26H,15-18H2,1-4H3,(H,31,36)/t22-,23+,24+,26-/m1/s1. The largest absolute Gasteiger partial charge is 0.463 e. The van der Waals surface area contributed by atoms with Crippen LogP contribution in [0.1, 0.15) is 45.2 Å². The highest BCUT2D eigenvalue weighted by atomic mass is 32.2. The van der Waals surface area contributed by atoms with Crippen molar-refractivity contribution in [2.24, 2.45) is 11.8 Å². The molecule has 0 aliphatic carbocycles. The van der Waals surface area contributed by atoms with Crippen LogP contribution in [0.2, 0.25) is 0 Å². The summed E-state index contributed by atoms with van der Waals surface area (Å²) in [6, 6.07) is 15.5. The molecule has 2 aromatic rings. The Kier molecular flexibility index (Phi) is 9.24. The molecule has 0 saturated carbocycles. The quantitative estimate of drug-likeness (QED) is 0.234. The molecule has 2 fully saturated rings. The fraction of sp³-hybridized carbons (Fsp3) is 0.467. The zero-order valence-corrected chi connectivity index (χ0v) is 24.8. The van der Waals surface area contributed by atoms with Crippen molar-refractivity contribution in [2.45, 2.75) is 69.5 Å². The summed E-state index contributed by atoms with van der Waals surface area (Å²) in [7, 11) is -4.04. The molecule has 4 rings (SSSR count). The molecule has 0 unspecified atom stereocenters. The Hall–Kier alpha value is -3.93. The molecular formula is C30H36N2O9S. The smallest absolute Gasteiger partial charge is 0.408 e. The number of ether oxygens (including phenoxy) is 3. The number of benzene rings is 2. The lowest BCUT2D eigenvalue weighted by molar-refractivity contribution is -0.172. The van der Waals surface area contributed by atoms with Gasteiger partial charge in [0.25, 0.3) is 0 Å². The van der Waals surface area contributed by atoms with Crippen molar-refractivity contribution in [1.29, 1.82) is 0 Å². The Morgan fingerprint density at radius 1 is 0.905 bits per heavy atom. The van der Waals surface area contributed by atoms with Gasteiger partial charge in [0, 0.05) is 0 Å². The third-order valence-electron chi connectivity index (χ3n) is 7.53. The molecule has 0 spiro atoms. The number of fused-ring (bicyclic) bond motifs is 1. The molecule has 4 atom stereocenters. The van der Waals surface area contributed by atoms with E-state index in [1.165, 1.54) is 13.8 Å². The number of nitrogens with zero attached hydrogens (tertiary/aromatic N) is 1. The van der Waals surface area contributed by atoms with E-state index in [1.54, 1.807) is 48.5 Å². The number of esters is 2. The van der Waals surface area contributed by atoms with E-state index in [2.05, 4.69) is 5.32 Å². The lowest BCUT2D eigenvalue weighted by atomic mass is 9.92. The van der Waals surface area contributed by atoms with Crippen LogP contribution in [0.5, 0.6) is 0 Å². The Morgan fingerprint density at radius 2 is 1.45 bits per heavy atom. The number of alkyl carbamates (subject to hydrolysis) is 1. The van der Waals surface area contributed by atoms with E-state index in [0.717, 1.165) is 10.5 Å². The molecule has 2 heterocycles. The van der Waals surface area contributed by atoms with E-state index in [9.17, 15) is 27.6 Å². The van der Waals surface area contributed by atoms with Crippen LogP contribution in [-0.4, -0.2) is 66.1 Å². The Balaban J connectivity index is 1.38. The maximum absolute atomic E-state index is 13.5. The lowest BCUT2D eigenvalue weighted by Gasteiger charge is -2.42. The van der Waals surface area contributed by atoms with Crippen LogP contribution in [0.4, 0.5) is 4.79 Å². The van der Waals surface area contributed by atoms with Crippen LogP contribution in [-0.2, 0) is 51.6 Å². The van der Waals surface area contributed by atoms with Crippen molar-refractivity contribution in [2.75, 3.05) is 6.61 Å². The van der Waals surface area contributed by atoms with Crippen LogP contribution in [0, 0.1) is 11.8 Å². The number of carbonyl (C=O) groups is 4. The van der Waals surface area contributed by atoms with Gasteiger partial charge in [0.15, 0.2) is 15.2 Å². The Labute approximate surface area is 245 Å². The molecule has 11 nitrogen and oxygen atoms in total. The number of nitrogens with one attached hydrogen (secondary N) is 1. The second kappa shape index (κ2) is 12.5. The summed E-state index contributed by atoms with van der Waals surface area (Å²) in [5.74, 6) is -3.46. The monoisotopic (exact) mass is 600 g/mol. The normalized spacial score (nSPS) is 22.5. The third-order valence-corrected chi connectivity index (χ3v) is 10.4. The van der Waals surface area contributed by atoms with E-state index < -0.39 is 68.5 Å². The molecule has 1 N–H and O–H groups in total. The topological polar surface area (TPSA) is 145 Å². The average Bonchev–Trinajstić information content (AvgIpc) is 3.10. The highest BCUT2D eigenvalue weighted by Crippen LogP contribution is 2.49. The molecule has 0 bridgehead atoms.